The van der Waals surface area contributed by atoms with Crippen LogP contribution in [-0.2, 0) is 15.6 Å². The average Bonchev–Trinajstić information content (AvgIpc) is 2.91. The van der Waals surface area contributed by atoms with Gasteiger partial charge in [0.15, 0.2) is 0 Å². The van der Waals surface area contributed by atoms with Gasteiger partial charge in [-0.3, -0.25) is 0 Å². The summed E-state index contributed by atoms with van der Waals surface area (Å²) in [6.07, 6.45) is 1.53. The molecule has 0 unspecified atom stereocenters. The molecule has 1 aromatic heterocycles. The molecule has 23 heavy (non-hydrogen) atoms. The lowest BCUT2D eigenvalue weighted by atomic mass is 9.99. The van der Waals surface area contributed by atoms with E-state index in [1.54, 1.807) is 28.6 Å². The summed E-state index contributed by atoms with van der Waals surface area (Å²) in [6, 6.07) is 10.5. The fourth-order valence-electron chi connectivity index (χ4n) is 3.23. The summed E-state index contributed by atoms with van der Waals surface area (Å²) in [4.78, 5) is 9.37. The van der Waals surface area contributed by atoms with Crippen LogP contribution in [0.1, 0.15) is 37.0 Å². The predicted octanol–water partition coefficient (Wildman–Crippen LogP) is 2.79. The quantitative estimate of drug-likeness (QED) is 0.867. The Morgan fingerprint density at radius 1 is 1.09 bits per heavy atom. The first-order valence-electron chi connectivity index (χ1n) is 7.75. The van der Waals surface area contributed by atoms with Gasteiger partial charge in [0.1, 0.15) is 5.82 Å². The molecule has 1 saturated heterocycles. The van der Waals surface area contributed by atoms with Crippen molar-refractivity contribution in [3.63, 3.8) is 0 Å². The molecule has 0 radical (unpaired) electrons. The van der Waals surface area contributed by atoms with Gasteiger partial charge >= 0.3 is 0 Å². The summed E-state index contributed by atoms with van der Waals surface area (Å²) < 4.78 is 27.7. The maximum atomic E-state index is 13.1. The SMILES string of the molecule is Cc1cc(C)nc([C@]2(C)CCCN2S(=O)(=O)c2ccccc2)n1. The third-order valence-electron chi connectivity index (χ3n) is 4.37. The summed E-state index contributed by atoms with van der Waals surface area (Å²) in [7, 11) is -3.57. The molecular formula is C17H21N3O2S. The maximum absolute atomic E-state index is 13.1. The molecule has 3 rings (SSSR count). The minimum Gasteiger partial charge on any atom is -0.236 e. The number of rotatable bonds is 3. The predicted molar refractivity (Wildman–Crippen MR) is 88.4 cm³/mol. The summed E-state index contributed by atoms with van der Waals surface area (Å²) in [5.74, 6) is 0.590. The van der Waals surface area contributed by atoms with Crippen LogP contribution < -0.4 is 0 Å². The molecule has 122 valence electrons. The molecule has 0 spiro atoms. The van der Waals surface area contributed by atoms with Crippen LogP contribution in [0.5, 0.6) is 0 Å². The molecule has 1 atom stereocenters. The lowest BCUT2D eigenvalue weighted by Crippen LogP contribution is -2.44. The summed E-state index contributed by atoms with van der Waals surface area (Å²) in [6.45, 7) is 6.23. The van der Waals surface area contributed by atoms with Crippen molar-refractivity contribution < 1.29 is 8.42 Å². The number of aromatic nitrogens is 2. The maximum Gasteiger partial charge on any atom is 0.243 e. The molecule has 5 nitrogen and oxygen atoms in total. The van der Waals surface area contributed by atoms with E-state index in [4.69, 9.17) is 0 Å². The van der Waals surface area contributed by atoms with Gasteiger partial charge in [0.2, 0.25) is 10.0 Å². The molecule has 2 heterocycles. The second-order valence-corrected chi connectivity index (χ2v) is 8.10. The van der Waals surface area contributed by atoms with E-state index in [2.05, 4.69) is 9.97 Å². The van der Waals surface area contributed by atoms with E-state index in [1.165, 1.54) is 0 Å². The van der Waals surface area contributed by atoms with Crippen molar-refractivity contribution in [2.75, 3.05) is 6.54 Å². The summed E-state index contributed by atoms with van der Waals surface area (Å²) >= 11 is 0. The smallest absolute Gasteiger partial charge is 0.236 e. The molecule has 1 aliphatic rings. The zero-order valence-electron chi connectivity index (χ0n) is 13.7. The minimum atomic E-state index is -3.57. The fourth-order valence-corrected chi connectivity index (χ4v) is 5.06. The van der Waals surface area contributed by atoms with Gasteiger partial charge in [-0.2, -0.15) is 4.31 Å². The van der Waals surface area contributed by atoms with Gasteiger partial charge in [0.25, 0.3) is 0 Å². The van der Waals surface area contributed by atoms with Crippen molar-refractivity contribution in [2.24, 2.45) is 0 Å². The molecule has 1 aromatic carbocycles. The Morgan fingerprint density at radius 3 is 2.30 bits per heavy atom. The third-order valence-corrected chi connectivity index (χ3v) is 6.40. The van der Waals surface area contributed by atoms with Crippen molar-refractivity contribution in [2.45, 2.75) is 44.0 Å². The Hall–Kier alpha value is -1.79. The molecule has 6 heteroatoms. The van der Waals surface area contributed by atoms with Gasteiger partial charge in [-0.25, -0.2) is 18.4 Å². The Balaban J connectivity index is 2.09. The highest BCUT2D eigenvalue weighted by molar-refractivity contribution is 7.89. The van der Waals surface area contributed by atoms with Gasteiger partial charge in [0, 0.05) is 17.9 Å². The number of hydrogen-bond donors (Lipinski definition) is 0. The molecule has 0 amide bonds. The van der Waals surface area contributed by atoms with Crippen molar-refractivity contribution >= 4 is 10.0 Å². The van der Waals surface area contributed by atoms with E-state index in [-0.39, 0.29) is 0 Å². The standard InChI is InChI=1S/C17H21N3O2S/c1-13-12-14(2)19-16(18-13)17(3)10-7-11-20(17)23(21,22)15-8-5-4-6-9-15/h4-6,8-9,12H,7,10-11H2,1-3H3/t17-/m0/s1. The monoisotopic (exact) mass is 331 g/mol. The average molecular weight is 331 g/mol. The highest BCUT2D eigenvalue weighted by Gasteiger charge is 2.47. The van der Waals surface area contributed by atoms with Crippen LogP contribution in [0.3, 0.4) is 0 Å². The highest BCUT2D eigenvalue weighted by Crippen LogP contribution is 2.40. The second-order valence-electron chi connectivity index (χ2n) is 6.24. The van der Waals surface area contributed by atoms with Gasteiger partial charge in [-0.05, 0) is 51.8 Å². The number of sulfonamides is 1. The Bertz CT molecular complexity index is 801. The van der Waals surface area contributed by atoms with Crippen LogP contribution in [0.2, 0.25) is 0 Å². The van der Waals surface area contributed by atoms with E-state index < -0.39 is 15.6 Å². The first-order valence-corrected chi connectivity index (χ1v) is 9.19. The van der Waals surface area contributed by atoms with E-state index in [9.17, 15) is 8.42 Å². The number of hydrogen-bond acceptors (Lipinski definition) is 4. The molecule has 0 N–H and O–H groups in total. The van der Waals surface area contributed by atoms with Crippen LogP contribution in [0, 0.1) is 13.8 Å². The van der Waals surface area contributed by atoms with Crippen molar-refractivity contribution in [3.05, 3.63) is 53.6 Å². The third kappa shape index (κ3) is 2.77. The molecule has 1 fully saturated rings. The Morgan fingerprint density at radius 2 is 1.70 bits per heavy atom. The fraction of sp³-hybridized carbons (Fsp3) is 0.412. The minimum absolute atomic E-state index is 0.317. The zero-order chi connectivity index (χ0) is 16.7. The molecule has 0 aliphatic carbocycles. The van der Waals surface area contributed by atoms with Crippen LogP contribution in [0.25, 0.3) is 0 Å². The van der Waals surface area contributed by atoms with Crippen LogP contribution >= 0.6 is 0 Å². The summed E-state index contributed by atoms with van der Waals surface area (Å²) in [5, 5.41) is 0. The number of aryl methyl sites for hydroxylation is 2. The van der Waals surface area contributed by atoms with Crippen molar-refractivity contribution in [1.29, 1.82) is 0 Å². The number of benzene rings is 1. The molecule has 0 bridgehead atoms. The molecule has 1 aliphatic heterocycles. The molecular weight excluding hydrogens is 310 g/mol. The van der Waals surface area contributed by atoms with Crippen LogP contribution in [-0.4, -0.2) is 29.2 Å². The lowest BCUT2D eigenvalue weighted by Gasteiger charge is -2.33. The van der Waals surface area contributed by atoms with Crippen molar-refractivity contribution in [3.8, 4) is 0 Å². The van der Waals surface area contributed by atoms with Gasteiger partial charge in [-0.1, -0.05) is 18.2 Å². The normalized spacial score (nSPS) is 22.4. The van der Waals surface area contributed by atoms with E-state index >= 15 is 0 Å². The van der Waals surface area contributed by atoms with Gasteiger partial charge in [0.05, 0.1) is 10.4 Å². The van der Waals surface area contributed by atoms with E-state index in [1.807, 2.05) is 32.9 Å². The van der Waals surface area contributed by atoms with Gasteiger partial charge < -0.3 is 0 Å². The first-order chi connectivity index (χ1) is 10.8. The summed E-state index contributed by atoms with van der Waals surface area (Å²) in [5.41, 5.74) is 1.02. The van der Waals surface area contributed by atoms with E-state index in [0.29, 0.717) is 17.3 Å². The van der Waals surface area contributed by atoms with Crippen LogP contribution in [0.4, 0.5) is 0 Å². The Labute approximate surface area is 137 Å². The second kappa shape index (κ2) is 5.69. The number of nitrogens with zero attached hydrogens (tertiary/aromatic N) is 3. The topological polar surface area (TPSA) is 63.2 Å². The Kier molecular flexibility index (Phi) is 3.98. The lowest BCUT2D eigenvalue weighted by molar-refractivity contribution is 0.254. The van der Waals surface area contributed by atoms with Crippen molar-refractivity contribution in [1.82, 2.24) is 14.3 Å². The molecule has 0 saturated carbocycles. The van der Waals surface area contributed by atoms with Crippen LogP contribution in [0.15, 0.2) is 41.3 Å². The zero-order valence-corrected chi connectivity index (χ0v) is 14.5. The van der Waals surface area contributed by atoms with E-state index in [0.717, 1.165) is 24.2 Å². The largest absolute Gasteiger partial charge is 0.243 e. The first kappa shape index (κ1) is 16.1. The van der Waals surface area contributed by atoms with Gasteiger partial charge in [-0.15, -0.1) is 0 Å². The highest BCUT2D eigenvalue weighted by atomic mass is 32.2. The molecule has 2 aromatic rings.